The second-order valence-electron chi connectivity index (χ2n) is 6.04. The predicted molar refractivity (Wildman–Crippen MR) is 116 cm³/mol. The van der Waals surface area contributed by atoms with Crippen LogP contribution in [0.2, 0.25) is 5.02 Å². The number of thioether (sulfide) groups is 1. The van der Waals surface area contributed by atoms with Crippen LogP contribution in [0.1, 0.15) is 35.3 Å². The summed E-state index contributed by atoms with van der Waals surface area (Å²) in [5, 5.41) is 6.17. The van der Waals surface area contributed by atoms with E-state index in [9.17, 15) is 9.59 Å². The summed E-state index contributed by atoms with van der Waals surface area (Å²) in [6, 6.07) is 13.7. The van der Waals surface area contributed by atoms with Crippen LogP contribution in [0.15, 0.2) is 53.0 Å². The minimum Gasteiger partial charge on any atom is -0.348 e. The molecule has 0 fully saturated rings. The fourth-order valence-electron chi connectivity index (χ4n) is 2.60. The first-order chi connectivity index (χ1) is 12.9. The molecule has 0 aromatic heterocycles. The number of hydrogen-bond acceptors (Lipinski definition) is 3. The summed E-state index contributed by atoms with van der Waals surface area (Å²) in [6.45, 7) is 1.92. The van der Waals surface area contributed by atoms with Crippen LogP contribution < -0.4 is 10.6 Å². The molecule has 0 saturated heterocycles. The molecule has 2 aromatic carbocycles. The van der Waals surface area contributed by atoms with E-state index in [2.05, 4.69) is 26.6 Å². The van der Waals surface area contributed by atoms with E-state index in [-0.39, 0.29) is 17.9 Å². The largest absolute Gasteiger partial charge is 0.348 e. The average molecular weight is 470 g/mol. The minimum atomic E-state index is -0.633. The van der Waals surface area contributed by atoms with Crippen molar-refractivity contribution >= 4 is 51.1 Å². The molecule has 2 atom stereocenters. The maximum atomic E-state index is 12.8. The van der Waals surface area contributed by atoms with Gasteiger partial charge in [0.25, 0.3) is 5.91 Å². The van der Waals surface area contributed by atoms with E-state index in [1.54, 1.807) is 36.0 Å². The van der Waals surface area contributed by atoms with Crippen molar-refractivity contribution in [2.24, 2.45) is 0 Å². The average Bonchev–Trinajstić information content (AvgIpc) is 2.65. The molecule has 0 aliphatic carbocycles. The number of carbonyl (C=O) groups excluding carboxylic acids is 2. The Kier molecular flexibility index (Phi) is 8.67. The quantitative estimate of drug-likeness (QED) is 0.582. The van der Waals surface area contributed by atoms with E-state index in [0.717, 1.165) is 15.8 Å². The van der Waals surface area contributed by atoms with Gasteiger partial charge in [-0.1, -0.05) is 57.9 Å². The fraction of sp³-hybridized carbons (Fsp3) is 0.300. The van der Waals surface area contributed by atoms with E-state index in [1.807, 2.05) is 37.4 Å². The van der Waals surface area contributed by atoms with Gasteiger partial charge in [0.15, 0.2) is 0 Å². The lowest BCUT2D eigenvalue weighted by atomic mass is 10.1. The molecule has 0 aliphatic heterocycles. The standard InChI is InChI=1S/C20H22BrClN2O2S/c1-13(14-7-3-5-9-16(14)21)23-20(26)18(11-12-27-2)24-19(25)15-8-4-6-10-17(15)22/h3-10,13,18H,11-12H2,1-2H3,(H,23,26)(H,24,25). The van der Waals surface area contributed by atoms with Crippen molar-refractivity contribution < 1.29 is 9.59 Å². The van der Waals surface area contributed by atoms with Gasteiger partial charge in [-0.15, -0.1) is 0 Å². The zero-order valence-corrected chi connectivity index (χ0v) is 18.3. The number of rotatable bonds is 8. The molecule has 0 spiro atoms. The maximum Gasteiger partial charge on any atom is 0.253 e. The Balaban J connectivity index is 2.10. The van der Waals surface area contributed by atoms with Gasteiger partial charge in [-0.25, -0.2) is 0 Å². The van der Waals surface area contributed by atoms with E-state index >= 15 is 0 Å². The summed E-state index contributed by atoms with van der Waals surface area (Å²) in [5.74, 6) is 0.188. The molecule has 2 rings (SSSR count). The predicted octanol–water partition coefficient (Wildman–Crippen LogP) is 4.83. The molecular weight excluding hydrogens is 448 g/mol. The van der Waals surface area contributed by atoms with E-state index in [4.69, 9.17) is 11.6 Å². The van der Waals surface area contributed by atoms with Crippen LogP contribution in [-0.4, -0.2) is 29.9 Å². The van der Waals surface area contributed by atoms with Crippen molar-refractivity contribution in [1.29, 1.82) is 0 Å². The molecular formula is C20H22BrClN2O2S. The molecule has 144 valence electrons. The maximum absolute atomic E-state index is 12.8. The van der Waals surface area contributed by atoms with Gasteiger partial charge in [0.05, 0.1) is 16.6 Å². The summed E-state index contributed by atoms with van der Waals surface area (Å²) in [5.41, 5.74) is 1.34. The van der Waals surface area contributed by atoms with Crippen LogP contribution >= 0.6 is 39.3 Å². The molecule has 2 N–H and O–H groups in total. The van der Waals surface area contributed by atoms with E-state index in [0.29, 0.717) is 17.0 Å². The Morgan fingerprint density at radius 1 is 1.11 bits per heavy atom. The first kappa shape index (κ1) is 21.8. The lowest BCUT2D eigenvalue weighted by molar-refractivity contribution is -0.123. The lowest BCUT2D eigenvalue weighted by Gasteiger charge is -2.22. The first-order valence-electron chi connectivity index (χ1n) is 8.53. The third-order valence-electron chi connectivity index (χ3n) is 4.08. The summed E-state index contributed by atoms with van der Waals surface area (Å²) in [6.07, 6.45) is 2.50. The molecule has 4 nitrogen and oxygen atoms in total. The molecule has 2 aromatic rings. The second-order valence-corrected chi connectivity index (χ2v) is 8.29. The normalized spacial score (nSPS) is 12.9. The Morgan fingerprint density at radius 2 is 1.78 bits per heavy atom. The third-order valence-corrected chi connectivity index (χ3v) is 5.78. The highest BCUT2D eigenvalue weighted by Gasteiger charge is 2.24. The van der Waals surface area contributed by atoms with Crippen LogP contribution in [0.3, 0.4) is 0 Å². The van der Waals surface area contributed by atoms with Crippen LogP contribution in [0.4, 0.5) is 0 Å². The molecule has 2 amide bonds. The van der Waals surface area contributed by atoms with Crippen LogP contribution in [-0.2, 0) is 4.79 Å². The molecule has 0 radical (unpaired) electrons. The number of nitrogens with one attached hydrogen (secondary N) is 2. The van der Waals surface area contributed by atoms with Gasteiger partial charge in [0.2, 0.25) is 5.91 Å². The Bertz CT molecular complexity index is 803. The van der Waals surface area contributed by atoms with Gasteiger partial charge in [-0.05, 0) is 49.1 Å². The van der Waals surface area contributed by atoms with Gasteiger partial charge in [0.1, 0.15) is 6.04 Å². The molecule has 7 heteroatoms. The number of amides is 2. The van der Waals surface area contributed by atoms with Crippen LogP contribution in [0.5, 0.6) is 0 Å². The third kappa shape index (κ3) is 6.26. The van der Waals surface area contributed by atoms with Gasteiger partial charge in [-0.2, -0.15) is 11.8 Å². The summed E-state index contributed by atoms with van der Waals surface area (Å²) in [7, 11) is 0. The highest BCUT2D eigenvalue weighted by molar-refractivity contribution is 9.10. The number of halogens is 2. The molecule has 0 saturated carbocycles. The smallest absolute Gasteiger partial charge is 0.253 e. The first-order valence-corrected chi connectivity index (χ1v) is 11.1. The van der Waals surface area contributed by atoms with Crippen molar-refractivity contribution in [3.63, 3.8) is 0 Å². The Labute approximate surface area is 177 Å². The summed E-state index contributed by atoms with van der Waals surface area (Å²) in [4.78, 5) is 25.4. The number of carbonyl (C=O) groups is 2. The van der Waals surface area contributed by atoms with Crippen LogP contribution in [0.25, 0.3) is 0 Å². The SMILES string of the molecule is CSCCC(NC(=O)c1ccccc1Cl)C(=O)NC(C)c1ccccc1Br. The highest BCUT2D eigenvalue weighted by atomic mass is 79.9. The molecule has 0 aliphatic rings. The number of benzene rings is 2. The van der Waals surface area contributed by atoms with Gasteiger partial charge in [0, 0.05) is 4.47 Å². The topological polar surface area (TPSA) is 58.2 Å². The minimum absolute atomic E-state index is 0.193. The van der Waals surface area contributed by atoms with Crippen molar-refractivity contribution in [2.45, 2.75) is 25.4 Å². The van der Waals surface area contributed by atoms with E-state index in [1.165, 1.54) is 0 Å². The van der Waals surface area contributed by atoms with Gasteiger partial charge >= 0.3 is 0 Å². The summed E-state index contributed by atoms with van der Waals surface area (Å²) < 4.78 is 0.929. The van der Waals surface area contributed by atoms with Gasteiger partial charge < -0.3 is 10.6 Å². The highest BCUT2D eigenvalue weighted by Crippen LogP contribution is 2.23. The van der Waals surface area contributed by atoms with Crippen molar-refractivity contribution in [3.05, 3.63) is 69.2 Å². The Hall–Kier alpha value is -1.50. The van der Waals surface area contributed by atoms with Crippen molar-refractivity contribution in [3.8, 4) is 0 Å². The molecule has 0 bridgehead atoms. The number of hydrogen-bond donors (Lipinski definition) is 2. The second kappa shape index (κ2) is 10.7. The molecule has 0 heterocycles. The van der Waals surface area contributed by atoms with Crippen molar-refractivity contribution in [1.82, 2.24) is 10.6 Å². The van der Waals surface area contributed by atoms with Gasteiger partial charge in [-0.3, -0.25) is 9.59 Å². The lowest BCUT2D eigenvalue weighted by Crippen LogP contribution is -2.47. The van der Waals surface area contributed by atoms with Crippen molar-refractivity contribution in [2.75, 3.05) is 12.0 Å². The molecule has 2 unspecified atom stereocenters. The summed E-state index contributed by atoms with van der Waals surface area (Å²) >= 11 is 11.2. The van der Waals surface area contributed by atoms with E-state index < -0.39 is 6.04 Å². The van der Waals surface area contributed by atoms with Crippen LogP contribution in [0, 0.1) is 0 Å². The monoisotopic (exact) mass is 468 g/mol. The fourth-order valence-corrected chi connectivity index (χ4v) is 3.92. The zero-order valence-electron chi connectivity index (χ0n) is 15.2. The Morgan fingerprint density at radius 3 is 2.44 bits per heavy atom. The zero-order chi connectivity index (χ0) is 19.8. The molecule has 27 heavy (non-hydrogen) atoms.